The van der Waals surface area contributed by atoms with E-state index in [0.717, 1.165) is 23.1 Å². The van der Waals surface area contributed by atoms with Gasteiger partial charge in [-0.3, -0.25) is 9.59 Å². The molecule has 0 spiro atoms. The van der Waals surface area contributed by atoms with Crippen molar-refractivity contribution in [3.63, 3.8) is 0 Å². The summed E-state index contributed by atoms with van der Waals surface area (Å²) >= 11 is 0. The van der Waals surface area contributed by atoms with Crippen molar-refractivity contribution in [3.8, 4) is 6.07 Å². The molecule has 0 aromatic heterocycles. The Balaban J connectivity index is 1.74. The van der Waals surface area contributed by atoms with Gasteiger partial charge in [0.05, 0.1) is 11.6 Å². The summed E-state index contributed by atoms with van der Waals surface area (Å²) < 4.78 is 5.45. The van der Waals surface area contributed by atoms with Gasteiger partial charge in [0.15, 0.2) is 0 Å². The minimum Gasteiger partial charge on any atom is -0.460 e. The molecule has 5 heteroatoms. The fourth-order valence-electron chi connectivity index (χ4n) is 3.37. The molecule has 0 radical (unpaired) electrons. The van der Waals surface area contributed by atoms with Crippen LogP contribution in [0.4, 0.5) is 5.69 Å². The molecule has 0 atom stereocenters. The number of rotatable bonds is 5. The second-order valence-electron chi connectivity index (χ2n) is 7.05. The van der Waals surface area contributed by atoms with E-state index in [1.165, 1.54) is 0 Å². The number of hydrogen-bond acceptors (Lipinski definition) is 4. The summed E-state index contributed by atoms with van der Waals surface area (Å²) in [6.45, 7) is 3.83. The molecule has 1 N–H and O–H groups in total. The Hall–Kier alpha value is -3.13. The molecule has 3 rings (SSSR count). The Kier molecular flexibility index (Phi) is 5.27. The second-order valence-corrected chi connectivity index (χ2v) is 7.05. The van der Waals surface area contributed by atoms with Gasteiger partial charge >= 0.3 is 5.97 Å². The molecule has 0 unspecified atom stereocenters. The molecule has 0 bridgehead atoms. The van der Waals surface area contributed by atoms with Crippen LogP contribution >= 0.6 is 0 Å². The van der Waals surface area contributed by atoms with E-state index in [-0.39, 0.29) is 12.5 Å². The van der Waals surface area contributed by atoms with Crippen molar-refractivity contribution in [1.29, 1.82) is 5.26 Å². The molecule has 1 aliphatic carbocycles. The van der Waals surface area contributed by atoms with E-state index in [1.54, 1.807) is 12.1 Å². The molecule has 1 amide bonds. The number of nitriles is 1. The number of amides is 1. The number of carbonyl (C=O) groups is 2. The third-order valence-corrected chi connectivity index (χ3v) is 5.15. The van der Waals surface area contributed by atoms with Gasteiger partial charge in [0.1, 0.15) is 12.0 Å². The summed E-state index contributed by atoms with van der Waals surface area (Å²) in [4.78, 5) is 25.6. The van der Waals surface area contributed by atoms with Gasteiger partial charge in [-0.05, 0) is 55.5 Å². The summed E-state index contributed by atoms with van der Waals surface area (Å²) in [7, 11) is 0. The normalized spacial score (nSPS) is 14.6. The lowest BCUT2D eigenvalue weighted by molar-refractivity contribution is -0.166. The van der Waals surface area contributed by atoms with Crippen LogP contribution in [0.3, 0.4) is 0 Å². The van der Waals surface area contributed by atoms with Crippen molar-refractivity contribution in [2.24, 2.45) is 5.41 Å². The highest BCUT2D eigenvalue weighted by Crippen LogP contribution is 2.43. The minimum atomic E-state index is -1.12. The van der Waals surface area contributed by atoms with Gasteiger partial charge in [-0.2, -0.15) is 5.26 Å². The predicted molar refractivity (Wildman–Crippen MR) is 102 cm³/mol. The van der Waals surface area contributed by atoms with Crippen molar-refractivity contribution in [2.45, 2.75) is 39.7 Å². The first kappa shape index (κ1) is 18.7. The SMILES string of the molecule is Cc1cc(C#N)cc(C)c1NC(=O)C1(C(=O)OCc2ccccc2)CCC1. The smallest absolute Gasteiger partial charge is 0.321 e. The average Bonchev–Trinajstić information content (AvgIpc) is 2.62. The first-order valence-corrected chi connectivity index (χ1v) is 9.00. The van der Waals surface area contributed by atoms with Crippen LogP contribution < -0.4 is 5.32 Å². The summed E-state index contributed by atoms with van der Waals surface area (Å²) in [5, 5.41) is 12.0. The summed E-state index contributed by atoms with van der Waals surface area (Å²) in [6, 6.07) is 15.0. The Morgan fingerprint density at radius 1 is 1.15 bits per heavy atom. The van der Waals surface area contributed by atoms with Crippen LogP contribution in [0.1, 0.15) is 41.5 Å². The zero-order valence-electron chi connectivity index (χ0n) is 15.5. The highest BCUT2D eigenvalue weighted by atomic mass is 16.5. The summed E-state index contributed by atoms with van der Waals surface area (Å²) in [6.07, 6.45) is 1.79. The number of carbonyl (C=O) groups excluding carboxylic acids is 2. The summed E-state index contributed by atoms with van der Waals surface area (Å²) in [5.74, 6) is -0.804. The Morgan fingerprint density at radius 3 is 2.30 bits per heavy atom. The lowest BCUT2D eigenvalue weighted by Gasteiger charge is -2.37. The standard InChI is InChI=1S/C22H22N2O3/c1-15-11-18(13-23)12-16(2)19(15)24-20(25)22(9-6-10-22)21(26)27-14-17-7-4-3-5-8-17/h3-5,7-8,11-12H,6,9-10,14H2,1-2H3,(H,24,25). The van der Waals surface area contributed by atoms with Gasteiger partial charge in [0.2, 0.25) is 5.91 Å². The van der Waals surface area contributed by atoms with Crippen molar-refractivity contribution in [1.82, 2.24) is 0 Å². The molecular formula is C22H22N2O3. The number of aryl methyl sites for hydroxylation is 2. The van der Waals surface area contributed by atoms with Gasteiger partial charge in [0, 0.05) is 5.69 Å². The van der Waals surface area contributed by atoms with Crippen molar-refractivity contribution in [2.75, 3.05) is 5.32 Å². The van der Waals surface area contributed by atoms with Crippen LogP contribution in [0.2, 0.25) is 0 Å². The molecule has 2 aromatic rings. The molecule has 0 heterocycles. The Bertz CT molecular complexity index is 886. The number of anilines is 1. The largest absolute Gasteiger partial charge is 0.460 e. The van der Waals surface area contributed by atoms with Crippen LogP contribution in [0, 0.1) is 30.6 Å². The van der Waals surface area contributed by atoms with E-state index >= 15 is 0 Å². The lowest BCUT2D eigenvalue weighted by atomic mass is 9.68. The molecule has 0 aliphatic heterocycles. The minimum absolute atomic E-state index is 0.156. The number of nitrogens with one attached hydrogen (secondary N) is 1. The number of nitrogens with zero attached hydrogens (tertiary/aromatic N) is 1. The maximum Gasteiger partial charge on any atom is 0.321 e. The maximum absolute atomic E-state index is 13.0. The van der Waals surface area contributed by atoms with Crippen molar-refractivity contribution < 1.29 is 14.3 Å². The molecule has 1 fully saturated rings. The van der Waals surface area contributed by atoms with Gasteiger partial charge in [-0.15, -0.1) is 0 Å². The van der Waals surface area contributed by atoms with Gasteiger partial charge < -0.3 is 10.1 Å². The van der Waals surface area contributed by atoms with Crippen molar-refractivity contribution in [3.05, 3.63) is 64.7 Å². The zero-order valence-corrected chi connectivity index (χ0v) is 15.5. The highest BCUT2D eigenvalue weighted by molar-refractivity contribution is 6.10. The topological polar surface area (TPSA) is 79.2 Å². The maximum atomic E-state index is 13.0. The number of esters is 1. The van der Waals surface area contributed by atoms with E-state index in [0.29, 0.717) is 24.1 Å². The van der Waals surface area contributed by atoms with E-state index < -0.39 is 11.4 Å². The van der Waals surface area contributed by atoms with Crippen molar-refractivity contribution >= 4 is 17.6 Å². The first-order chi connectivity index (χ1) is 13.0. The van der Waals surface area contributed by atoms with Crippen LogP contribution in [-0.4, -0.2) is 11.9 Å². The van der Waals surface area contributed by atoms with Gasteiger partial charge in [-0.1, -0.05) is 36.8 Å². The third-order valence-electron chi connectivity index (χ3n) is 5.15. The number of ether oxygens (including phenoxy) is 1. The quantitative estimate of drug-likeness (QED) is 0.643. The summed E-state index contributed by atoms with van der Waals surface area (Å²) in [5.41, 5.74) is 2.56. The van der Waals surface area contributed by atoms with Gasteiger partial charge in [-0.25, -0.2) is 0 Å². The van der Waals surface area contributed by atoms with Gasteiger partial charge in [0.25, 0.3) is 0 Å². The Morgan fingerprint density at radius 2 is 1.78 bits per heavy atom. The van der Waals surface area contributed by atoms with Crippen LogP contribution in [0.15, 0.2) is 42.5 Å². The van der Waals surface area contributed by atoms with E-state index in [2.05, 4.69) is 11.4 Å². The van der Waals surface area contributed by atoms with E-state index in [1.807, 2.05) is 44.2 Å². The molecule has 27 heavy (non-hydrogen) atoms. The third kappa shape index (κ3) is 3.70. The average molecular weight is 362 g/mol. The molecule has 138 valence electrons. The van der Waals surface area contributed by atoms with E-state index in [9.17, 15) is 9.59 Å². The van der Waals surface area contributed by atoms with Crippen LogP contribution in [-0.2, 0) is 20.9 Å². The second kappa shape index (κ2) is 7.63. The molecule has 0 saturated heterocycles. The first-order valence-electron chi connectivity index (χ1n) is 9.00. The van der Waals surface area contributed by atoms with E-state index in [4.69, 9.17) is 10.00 Å². The molecule has 2 aromatic carbocycles. The van der Waals surface area contributed by atoms with Crippen LogP contribution in [0.5, 0.6) is 0 Å². The Labute approximate surface area is 159 Å². The molecular weight excluding hydrogens is 340 g/mol. The highest BCUT2D eigenvalue weighted by Gasteiger charge is 2.52. The number of benzene rings is 2. The fourth-order valence-corrected chi connectivity index (χ4v) is 3.37. The molecule has 5 nitrogen and oxygen atoms in total. The monoisotopic (exact) mass is 362 g/mol. The zero-order chi connectivity index (χ0) is 19.4. The molecule has 1 aliphatic rings. The van der Waals surface area contributed by atoms with Crippen LogP contribution in [0.25, 0.3) is 0 Å². The number of hydrogen-bond donors (Lipinski definition) is 1. The lowest BCUT2D eigenvalue weighted by Crippen LogP contribution is -2.49. The predicted octanol–water partition coefficient (Wildman–Crippen LogP) is 4.03. The molecule has 1 saturated carbocycles. The fraction of sp³-hybridized carbons (Fsp3) is 0.318.